The number of piperidine rings is 1. The van der Waals surface area contributed by atoms with Crippen LogP contribution in [0.5, 0.6) is 0 Å². The van der Waals surface area contributed by atoms with Crippen molar-refractivity contribution in [2.75, 3.05) is 18.0 Å². The molecule has 4 unspecified atom stereocenters. The van der Waals surface area contributed by atoms with Crippen LogP contribution >= 0.6 is 0 Å². The van der Waals surface area contributed by atoms with Crippen molar-refractivity contribution in [3.8, 4) is 0 Å². The van der Waals surface area contributed by atoms with Gasteiger partial charge in [-0.05, 0) is 56.1 Å². The summed E-state index contributed by atoms with van der Waals surface area (Å²) in [5.41, 5.74) is 7.58. The highest BCUT2D eigenvalue weighted by Gasteiger charge is 2.49. The van der Waals surface area contributed by atoms with Crippen molar-refractivity contribution in [3.05, 3.63) is 30.3 Å². The van der Waals surface area contributed by atoms with E-state index in [4.69, 9.17) is 5.73 Å². The zero-order valence-electron chi connectivity index (χ0n) is 13.7. The molecular formula is C19H27N3O. The average molecular weight is 313 g/mol. The minimum Gasteiger partial charge on any atom is -0.371 e. The molecular weight excluding hydrogens is 286 g/mol. The molecule has 4 atom stereocenters. The largest absolute Gasteiger partial charge is 0.371 e. The van der Waals surface area contributed by atoms with Crippen molar-refractivity contribution in [1.82, 2.24) is 5.32 Å². The summed E-state index contributed by atoms with van der Waals surface area (Å²) in [6.07, 6.45) is 5.65. The van der Waals surface area contributed by atoms with E-state index in [1.807, 2.05) is 0 Å². The number of anilines is 1. The Labute approximate surface area is 138 Å². The Balaban J connectivity index is 1.30. The number of nitrogens with zero attached hydrogens (tertiary/aromatic N) is 1. The number of benzene rings is 1. The molecule has 4 heteroatoms. The minimum atomic E-state index is 0.0703. The smallest absolute Gasteiger partial charge is 0.225 e. The van der Waals surface area contributed by atoms with E-state index in [1.165, 1.54) is 24.9 Å². The first-order valence-electron chi connectivity index (χ1n) is 9.08. The lowest BCUT2D eigenvalue weighted by Gasteiger charge is -2.35. The molecule has 4 rings (SSSR count). The van der Waals surface area contributed by atoms with Gasteiger partial charge in [-0.15, -0.1) is 0 Å². The topological polar surface area (TPSA) is 58.4 Å². The maximum atomic E-state index is 12.7. The molecule has 1 aliphatic heterocycles. The Kier molecular flexibility index (Phi) is 4.02. The lowest BCUT2D eigenvalue weighted by atomic mass is 9.84. The summed E-state index contributed by atoms with van der Waals surface area (Å²) in [5, 5.41) is 3.30. The molecule has 3 fully saturated rings. The van der Waals surface area contributed by atoms with Gasteiger partial charge in [-0.1, -0.05) is 18.2 Å². The van der Waals surface area contributed by atoms with Gasteiger partial charge in [0.1, 0.15) is 0 Å². The summed E-state index contributed by atoms with van der Waals surface area (Å²) in [7, 11) is 0. The molecule has 3 aliphatic rings. The van der Waals surface area contributed by atoms with Gasteiger partial charge in [0.05, 0.1) is 5.92 Å². The van der Waals surface area contributed by atoms with Gasteiger partial charge >= 0.3 is 0 Å². The van der Waals surface area contributed by atoms with Crippen LogP contribution < -0.4 is 16.0 Å². The monoisotopic (exact) mass is 313 g/mol. The number of nitrogens with two attached hydrogens (primary N) is 1. The lowest BCUT2D eigenvalue weighted by Crippen LogP contribution is -2.50. The van der Waals surface area contributed by atoms with Gasteiger partial charge in [0, 0.05) is 30.9 Å². The van der Waals surface area contributed by atoms with Gasteiger partial charge in [-0.3, -0.25) is 4.79 Å². The van der Waals surface area contributed by atoms with Crippen LogP contribution in [0.4, 0.5) is 5.69 Å². The van der Waals surface area contributed by atoms with E-state index in [1.54, 1.807) is 0 Å². The van der Waals surface area contributed by atoms with E-state index in [-0.39, 0.29) is 17.9 Å². The molecule has 0 radical (unpaired) electrons. The fourth-order valence-corrected chi connectivity index (χ4v) is 4.94. The molecule has 1 aromatic carbocycles. The zero-order valence-corrected chi connectivity index (χ0v) is 13.7. The van der Waals surface area contributed by atoms with Crippen molar-refractivity contribution in [2.24, 2.45) is 23.5 Å². The molecule has 124 valence electrons. The summed E-state index contributed by atoms with van der Waals surface area (Å²) in [5.74, 6) is 1.43. The van der Waals surface area contributed by atoms with Crippen LogP contribution in [0.3, 0.4) is 0 Å². The van der Waals surface area contributed by atoms with E-state index < -0.39 is 0 Å². The zero-order chi connectivity index (χ0) is 15.8. The van der Waals surface area contributed by atoms with Crippen molar-refractivity contribution in [2.45, 2.75) is 44.2 Å². The Morgan fingerprint density at radius 2 is 1.74 bits per heavy atom. The van der Waals surface area contributed by atoms with E-state index in [9.17, 15) is 4.79 Å². The third-order valence-corrected chi connectivity index (χ3v) is 6.25. The SMILES string of the molecule is NC1C2CCC(C2)C1C(=O)NC1CCN(c2ccccc2)CC1. The molecule has 23 heavy (non-hydrogen) atoms. The summed E-state index contributed by atoms with van der Waals surface area (Å²) in [4.78, 5) is 15.1. The lowest BCUT2D eigenvalue weighted by molar-refractivity contribution is -0.127. The number of fused-ring (bicyclic) bond motifs is 2. The molecule has 3 N–H and O–H groups in total. The Morgan fingerprint density at radius 3 is 2.39 bits per heavy atom. The van der Waals surface area contributed by atoms with E-state index in [0.29, 0.717) is 17.9 Å². The van der Waals surface area contributed by atoms with Crippen LogP contribution in [0.2, 0.25) is 0 Å². The van der Waals surface area contributed by atoms with Gasteiger partial charge < -0.3 is 16.0 Å². The van der Waals surface area contributed by atoms with Gasteiger partial charge in [-0.25, -0.2) is 0 Å². The molecule has 1 aromatic rings. The number of carbonyl (C=O) groups is 1. The predicted molar refractivity (Wildman–Crippen MR) is 92.1 cm³/mol. The van der Waals surface area contributed by atoms with Crippen LogP contribution in [0.1, 0.15) is 32.1 Å². The van der Waals surface area contributed by atoms with E-state index in [2.05, 4.69) is 40.5 Å². The van der Waals surface area contributed by atoms with Crippen molar-refractivity contribution in [3.63, 3.8) is 0 Å². The van der Waals surface area contributed by atoms with Gasteiger partial charge in [0.15, 0.2) is 0 Å². The Hall–Kier alpha value is -1.55. The van der Waals surface area contributed by atoms with Crippen LogP contribution in [0.25, 0.3) is 0 Å². The fourth-order valence-electron chi connectivity index (χ4n) is 4.94. The number of nitrogens with one attached hydrogen (secondary N) is 1. The third kappa shape index (κ3) is 2.85. The molecule has 1 amide bonds. The third-order valence-electron chi connectivity index (χ3n) is 6.25. The summed E-state index contributed by atoms with van der Waals surface area (Å²) >= 11 is 0. The van der Waals surface area contributed by atoms with Crippen LogP contribution in [0.15, 0.2) is 30.3 Å². The quantitative estimate of drug-likeness (QED) is 0.899. The summed E-state index contributed by atoms with van der Waals surface area (Å²) in [6.45, 7) is 2.02. The molecule has 2 bridgehead atoms. The molecule has 0 aromatic heterocycles. The van der Waals surface area contributed by atoms with Gasteiger partial charge in [-0.2, -0.15) is 0 Å². The standard InChI is InChI=1S/C19H27N3O/c20-18-14-7-6-13(12-14)17(18)19(23)21-15-8-10-22(11-9-15)16-4-2-1-3-5-16/h1-5,13-15,17-18H,6-12,20H2,(H,21,23). The Bertz CT molecular complexity index is 551. The van der Waals surface area contributed by atoms with Crippen LogP contribution in [0, 0.1) is 17.8 Å². The maximum Gasteiger partial charge on any atom is 0.225 e. The normalized spacial score (nSPS) is 33.9. The van der Waals surface area contributed by atoms with Crippen molar-refractivity contribution >= 4 is 11.6 Å². The Morgan fingerprint density at radius 1 is 1.04 bits per heavy atom. The summed E-state index contributed by atoms with van der Waals surface area (Å²) in [6, 6.07) is 10.9. The predicted octanol–water partition coefficient (Wildman–Crippen LogP) is 2.14. The second-order valence-electron chi connectivity index (χ2n) is 7.54. The molecule has 2 saturated carbocycles. The van der Waals surface area contributed by atoms with Crippen LogP contribution in [-0.2, 0) is 4.79 Å². The highest BCUT2D eigenvalue weighted by molar-refractivity contribution is 5.80. The average Bonchev–Trinajstić information content (AvgIpc) is 3.17. The van der Waals surface area contributed by atoms with Gasteiger partial charge in [0.25, 0.3) is 0 Å². The summed E-state index contributed by atoms with van der Waals surface area (Å²) < 4.78 is 0. The first-order valence-corrected chi connectivity index (χ1v) is 9.08. The van der Waals surface area contributed by atoms with Crippen LogP contribution in [-0.4, -0.2) is 31.1 Å². The number of para-hydroxylation sites is 1. The minimum absolute atomic E-state index is 0.0703. The first kappa shape index (κ1) is 15.0. The van der Waals surface area contributed by atoms with E-state index in [0.717, 1.165) is 25.9 Å². The highest BCUT2D eigenvalue weighted by atomic mass is 16.2. The number of amides is 1. The highest BCUT2D eigenvalue weighted by Crippen LogP contribution is 2.47. The van der Waals surface area contributed by atoms with Crippen molar-refractivity contribution < 1.29 is 4.79 Å². The fraction of sp³-hybridized carbons (Fsp3) is 0.632. The second kappa shape index (κ2) is 6.16. The first-order chi connectivity index (χ1) is 11.2. The number of carbonyl (C=O) groups excluding carboxylic acids is 1. The van der Waals surface area contributed by atoms with Gasteiger partial charge in [0.2, 0.25) is 5.91 Å². The second-order valence-corrected chi connectivity index (χ2v) is 7.54. The van der Waals surface area contributed by atoms with Crippen molar-refractivity contribution in [1.29, 1.82) is 0 Å². The molecule has 1 saturated heterocycles. The molecule has 1 heterocycles. The number of rotatable bonds is 3. The van der Waals surface area contributed by atoms with E-state index >= 15 is 0 Å². The number of hydrogen-bond donors (Lipinski definition) is 2. The molecule has 4 nitrogen and oxygen atoms in total. The number of hydrogen-bond acceptors (Lipinski definition) is 3. The maximum absolute atomic E-state index is 12.7. The molecule has 2 aliphatic carbocycles. The molecule has 0 spiro atoms.